The molecule has 0 radical (unpaired) electrons. The summed E-state index contributed by atoms with van der Waals surface area (Å²) in [6.07, 6.45) is 0. The summed E-state index contributed by atoms with van der Waals surface area (Å²) in [5, 5.41) is 9.07. The van der Waals surface area contributed by atoms with E-state index in [2.05, 4.69) is 0 Å². The van der Waals surface area contributed by atoms with Gasteiger partial charge in [-0.3, -0.25) is 0 Å². The number of ether oxygens (including phenoxy) is 1. The van der Waals surface area contributed by atoms with Crippen LogP contribution in [0.1, 0.15) is 11.1 Å². The molecule has 0 aliphatic heterocycles. The lowest BCUT2D eigenvalue weighted by molar-refractivity contribution is 0.281. The van der Waals surface area contributed by atoms with Crippen LogP contribution in [0, 0.1) is 5.82 Å². The Morgan fingerprint density at radius 3 is 2.74 bits per heavy atom. The van der Waals surface area contributed by atoms with E-state index in [0.29, 0.717) is 11.3 Å². The summed E-state index contributed by atoms with van der Waals surface area (Å²) in [7, 11) is 1.46. The molecule has 2 rings (SSSR count). The van der Waals surface area contributed by atoms with Crippen LogP contribution >= 0.6 is 11.8 Å². The molecular formula is C15H15FO2S. The van der Waals surface area contributed by atoms with Gasteiger partial charge in [0.25, 0.3) is 0 Å². The van der Waals surface area contributed by atoms with Gasteiger partial charge < -0.3 is 9.84 Å². The van der Waals surface area contributed by atoms with Crippen LogP contribution in [0.5, 0.6) is 5.75 Å². The van der Waals surface area contributed by atoms with Gasteiger partial charge in [0, 0.05) is 16.2 Å². The summed E-state index contributed by atoms with van der Waals surface area (Å²) in [6, 6.07) is 12.7. The van der Waals surface area contributed by atoms with Gasteiger partial charge in [-0.05, 0) is 23.8 Å². The summed E-state index contributed by atoms with van der Waals surface area (Å²) in [5.41, 5.74) is 1.47. The molecule has 0 spiro atoms. The first-order chi connectivity index (χ1) is 9.24. The Morgan fingerprint density at radius 1 is 1.21 bits per heavy atom. The highest BCUT2D eigenvalue weighted by molar-refractivity contribution is 7.98. The molecule has 0 aliphatic carbocycles. The Balaban J connectivity index is 2.10. The molecule has 0 aromatic heterocycles. The number of halogens is 1. The van der Waals surface area contributed by atoms with Crippen molar-refractivity contribution in [3.8, 4) is 5.75 Å². The van der Waals surface area contributed by atoms with Crippen molar-refractivity contribution in [3.05, 3.63) is 59.4 Å². The number of thioether (sulfide) groups is 1. The number of benzene rings is 2. The third-order valence-corrected chi connectivity index (χ3v) is 3.78. The lowest BCUT2D eigenvalue weighted by atomic mass is 10.2. The van der Waals surface area contributed by atoms with E-state index in [1.807, 2.05) is 24.3 Å². The van der Waals surface area contributed by atoms with Crippen LogP contribution in [0.25, 0.3) is 0 Å². The van der Waals surface area contributed by atoms with Gasteiger partial charge in [0.05, 0.1) is 13.7 Å². The van der Waals surface area contributed by atoms with Crippen LogP contribution in [-0.2, 0) is 12.4 Å². The molecule has 0 saturated carbocycles. The number of aliphatic hydroxyl groups is 1. The van der Waals surface area contributed by atoms with Crippen LogP contribution < -0.4 is 4.74 Å². The normalized spacial score (nSPS) is 10.5. The SMILES string of the molecule is COc1cccc(CSc2cccc(CO)c2)c1F. The number of hydrogen-bond acceptors (Lipinski definition) is 3. The topological polar surface area (TPSA) is 29.5 Å². The summed E-state index contributed by atoms with van der Waals surface area (Å²) in [4.78, 5) is 1.01. The summed E-state index contributed by atoms with van der Waals surface area (Å²) >= 11 is 1.53. The molecule has 0 atom stereocenters. The molecule has 0 heterocycles. The smallest absolute Gasteiger partial charge is 0.169 e. The number of hydrogen-bond donors (Lipinski definition) is 1. The zero-order valence-corrected chi connectivity index (χ0v) is 11.4. The van der Waals surface area contributed by atoms with Crippen LogP contribution in [0.3, 0.4) is 0 Å². The molecule has 2 nitrogen and oxygen atoms in total. The molecule has 2 aromatic rings. The van der Waals surface area contributed by atoms with Gasteiger partial charge in [0.15, 0.2) is 11.6 Å². The standard InChI is InChI=1S/C15H15FO2S/c1-18-14-7-3-5-12(15(14)16)10-19-13-6-2-4-11(8-13)9-17/h2-8,17H,9-10H2,1H3. The number of methoxy groups -OCH3 is 1. The van der Waals surface area contributed by atoms with Crippen LogP contribution in [0.15, 0.2) is 47.4 Å². The van der Waals surface area contributed by atoms with Crippen molar-refractivity contribution >= 4 is 11.8 Å². The van der Waals surface area contributed by atoms with E-state index in [-0.39, 0.29) is 18.2 Å². The van der Waals surface area contributed by atoms with Gasteiger partial charge in [0.2, 0.25) is 0 Å². The van der Waals surface area contributed by atoms with E-state index in [4.69, 9.17) is 9.84 Å². The molecule has 0 saturated heterocycles. The van der Waals surface area contributed by atoms with Crippen molar-refractivity contribution < 1.29 is 14.2 Å². The van der Waals surface area contributed by atoms with Crippen molar-refractivity contribution in [2.75, 3.05) is 7.11 Å². The fourth-order valence-corrected chi connectivity index (χ4v) is 2.67. The first-order valence-corrected chi connectivity index (χ1v) is 6.87. The minimum atomic E-state index is -0.309. The Kier molecular flexibility index (Phi) is 4.82. The molecule has 0 amide bonds. The van der Waals surface area contributed by atoms with E-state index < -0.39 is 0 Å². The summed E-state index contributed by atoms with van der Waals surface area (Å²) in [6.45, 7) is 0.0158. The van der Waals surface area contributed by atoms with Crippen LogP contribution in [0.2, 0.25) is 0 Å². The fraction of sp³-hybridized carbons (Fsp3) is 0.200. The highest BCUT2D eigenvalue weighted by Gasteiger charge is 2.08. The first kappa shape index (κ1) is 13.9. The lowest BCUT2D eigenvalue weighted by Crippen LogP contribution is -1.93. The zero-order valence-electron chi connectivity index (χ0n) is 10.6. The Bertz CT molecular complexity index is 558. The van der Waals surface area contributed by atoms with Gasteiger partial charge in [-0.1, -0.05) is 24.3 Å². The molecule has 19 heavy (non-hydrogen) atoms. The summed E-state index contributed by atoms with van der Waals surface area (Å²) in [5.74, 6) is 0.482. The molecule has 1 N–H and O–H groups in total. The molecule has 0 unspecified atom stereocenters. The van der Waals surface area contributed by atoms with Gasteiger partial charge in [0.1, 0.15) is 0 Å². The van der Waals surface area contributed by atoms with Crippen LogP contribution in [-0.4, -0.2) is 12.2 Å². The third-order valence-electron chi connectivity index (χ3n) is 2.74. The first-order valence-electron chi connectivity index (χ1n) is 5.88. The van der Waals surface area contributed by atoms with Crippen molar-refractivity contribution in [1.29, 1.82) is 0 Å². The van der Waals surface area contributed by atoms with Crippen LogP contribution in [0.4, 0.5) is 4.39 Å². The van der Waals surface area contributed by atoms with E-state index in [9.17, 15) is 4.39 Å². The van der Waals surface area contributed by atoms with Crippen molar-refractivity contribution in [3.63, 3.8) is 0 Å². The maximum absolute atomic E-state index is 13.9. The number of aliphatic hydroxyl groups excluding tert-OH is 1. The second kappa shape index (κ2) is 6.59. The van der Waals surface area contributed by atoms with E-state index in [1.165, 1.54) is 18.9 Å². The average Bonchev–Trinajstić information content (AvgIpc) is 2.46. The van der Waals surface area contributed by atoms with Gasteiger partial charge in [-0.25, -0.2) is 4.39 Å². The van der Waals surface area contributed by atoms with Gasteiger partial charge in [-0.2, -0.15) is 0 Å². The number of rotatable bonds is 5. The Hall–Kier alpha value is -1.52. The fourth-order valence-electron chi connectivity index (χ4n) is 1.72. The third kappa shape index (κ3) is 3.49. The predicted octanol–water partition coefficient (Wildman–Crippen LogP) is 3.62. The van der Waals surface area contributed by atoms with Gasteiger partial charge in [-0.15, -0.1) is 11.8 Å². The molecular weight excluding hydrogens is 263 g/mol. The molecule has 0 aliphatic rings. The lowest BCUT2D eigenvalue weighted by Gasteiger charge is -2.07. The molecule has 0 fully saturated rings. The maximum atomic E-state index is 13.9. The Labute approximate surface area is 116 Å². The zero-order chi connectivity index (χ0) is 13.7. The minimum Gasteiger partial charge on any atom is -0.494 e. The van der Waals surface area contributed by atoms with E-state index in [0.717, 1.165) is 10.5 Å². The molecule has 2 aromatic carbocycles. The highest BCUT2D eigenvalue weighted by atomic mass is 32.2. The molecule has 100 valence electrons. The Morgan fingerprint density at radius 2 is 2.00 bits per heavy atom. The van der Waals surface area contributed by atoms with Crippen molar-refractivity contribution in [2.45, 2.75) is 17.3 Å². The molecule has 4 heteroatoms. The quantitative estimate of drug-likeness (QED) is 0.847. The molecule has 0 bridgehead atoms. The predicted molar refractivity (Wildman–Crippen MR) is 74.9 cm³/mol. The summed E-state index contributed by atoms with van der Waals surface area (Å²) < 4.78 is 18.9. The van der Waals surface area contributed by atoms with E-state index >= 15 is 0 Å². The largest absolute Gasteiger partial charge is 0.494 e. The van der Waals surface area contributed by atoms with Gasteiger partial charge >= 0.3 is 0 Å². The maximum Gasteiger partial charge on any atom is 0.169 e. The monoisotopic (exact) mass is 278 g/mol. The highest BCUT2D eigenvalue weighted by Crippen LogP contribution is 2.28. The second-order valence-corrected chi connectivity index (χ2v) is 5.08. The minimum absolute atomic E-state index is 0.0158. The second-order valence-electron chi connectivity index (χ2n) is 4.03. The van der Waals surface area contributed by atoms with Crippen molar-refractivity contribution in [2.24, 2.45) is 0 Å². The van der Waals surface area contributed by atoms with Crippen molar-refractivity contribution in [1.82, 2.24) is 0 Å². The average molecular weight is 278 g/mol. The van der Waals surface area contributed by atoms with E-state index in [1.54, 1.807) is 18.2 Å².